The Bertz CT molecular complexity index is 552. The summed E-state index contributed by atoms with van der Waals surface area (Å²) in [6.07, 6.45) is 1.59. The van der Waals surface area contributed by atoms with E-state index in [-0.39, 0.29) is 0 Å². The predicted molar refractivity (Wildman–Crippen MR) is 111 cm³/mol. The summed E-state index contributed by atoms with van der Waals surface area (Å²) in [7, 11) is 1.80. The molecule has 0 bridgehead atoms. The van der Waals surface area contributed by atoms with Crippen molar-refractivity contribution in [2.45, 2.75) is 52.5 Å². The van der Waals surface area contributed by atoms with Crippen LogP contribution in [0.15, 0.2) is 29.3 Å². The van der Waals surface area contributed by atoms with Crippen molar-refractivity contribution >= 4 is 5.96 Å². The van der Waals surface area contributed by atoms with Gasteiger partial charge < -0.3 is 20.1 Å². The van der Waals surface area contributed by atoms with Gasteiger partial charge in [-0.05, 0) is 38.3 Å². The molecule has 6 heteroatoms. The van der Waals surface area contributed by atoms with Crippen LogP contribution in [0, 0.1) is 0 Å². The minimum atomic E-state index is 0.310. The fraction of sp³-hybridized carbons (Fsp3) is 0.667. The maximum absolute atomic E-state index is 5.81. The summed E-state index contributed by atoms with van der Waals surface area (Å²) in [5.74, 6) is 0.826. The van der Waals surface area contributed by atoms with Crippen LogP contribution >= 0.6 is 0 Å². The lowest BCUT2D eigenvalue weighted by atomic mass is 10.1. The molecule has 2 unspecified atom stereocenters. The van der Waals surface area contributed by atoms with Crippen LogP contribution in [-0.2, 0) is 22.6 Å². The molecule has 0 amide bonds. The molecule has 2 rings (SSSR count). The summed E-state index contributed by atoms with van der Waals surface area (Å²) in [6.45, 7) is 12.5. The van der Waals surface area contributed by atoms with Gasteiger partial charge in [0.05, 0.1) is 12.2 Å². The second-order valence-corrected chi connectivity index (χ2v) is 7.17. The Morgan fingerprint density at radius 2 is 1.81 bits per heavy atom. The third-order valence-corrected chi connectivity index (χ3v) is 4.57. The minimum absolute atomic E-state index is 0.310. The highest BCUT2D eigenvalue weighted by Gasteiger charge is 2.21. The van der Waals surface area contributed by atoms with Crippen LogP contribution in [0.3, 0.4) is 0 Å². The summed E-state index contributed by atoms with van der Waals surface area (Å²) in [4.78, 5) is 6.74. The Labute approximate surface area is 164 Å². The van der Waals surface area contributed by atoms with E-state index >= 15 is 0 Å². The van der Waals surface area contributed by atoms with Crippen molar-refractivity contribution in [1.82, 2.24) is 15.5 Å². The van der Waals surface area contributed by atoms with Crippen LogP contribution in [0.4, 0.5) is 0 Å². The molecule has 1 fully saturated rings. The van der Waals surface area contributed by atoms with Crippen molar-refractivity contribution in [3.8, 4) is 0 Å². The molecule has 1 heterocycles. The first-order valence-corrected chi connectivity index (χ1v) is 10.1. The third kappa shape index (κ3) is 8.28. The molecule has 152 valence electrons. The quantitative estimate of drug-likeness (QED) is 0.394. The highest BCUT2D eigenvalue weighted by Crippen LogP contribution is 2.14. The maximum atomic E-state index is 5.81. The van der Waals surface area contributed by atoms with Gasteiger partial charge in [0.1, 0.15) is 0 Å². The Morgan fingerprint density at radius 1 is 1.15 bits per heavy atom. The predicted octanol–water partition coefficient (Wildman–Crippen LogP) is 2.39. The lowest BCUT2D eigenvalue weighted by molar-refractivity contribution is -0.0704. The molecule has 1 aromatic carbocycles. The molecular weight excluding hydrogens is 340 g/mol. The van der Waals surface area contributed by atoms with Crippen molar-refractivity contribution in [3.05, 3.63) is 35.4 Å². The maximum Gasteiger partial charge on any atom is 0.191 e. The summed E-state index contributed by atoms with van der Waals surface area (Å²) in [5.41, 5.74) is 2.60. The van der Waals surface area contributed by atoms with Gasteiger partial charge in [-0.1, -0.05) is 24.3 Å². The Balaban J connectivity index is 1.73. The summed E-state index contributed by atoms with van der Waals surface area (Å²) < 4.78 is 11.2. The third-order valence-electron chi connectivity index (χ3n) is 4.57. The second kappa shape index (κ2) is 12.0. The van der Waals surface area contributed by atoms with E-state index in [9.17, 15) is 0 Å². The van der Waals surface area contributed by atoms with Gasteiger partial charge in [-0.15, -0.1) is 0 Å². The zero-order valence-electron chi connectivity index (χ0n) is 17.3. The van der Waals surface area contributed by atoms with Crippen LogP contribution in [0.2, 0.25) is 0 Å². The van der Waals surface area contributed by atoms with Gasteiger partial charge in [0, 0.05) is 53.0 Å². The van der Waals surface area contributed by atoms with Gasteiger partial charge in [-0.25, -0.2) is 0 Å². The number of benzene rings is 1. The molecule has 1 aromatic rings. The first kappa shape index (κ1) is 21.7. The average Bonchev–Trinajstić information content (AvgIpc) is 2.64. The van der Waals surface area contributed by atoms with E-state index in [0.29, 0.717) is 12.2 Å². The average molecular weight is 377 g/mol. The van der Waals surface area contributed by atoms with Crippen LogP contribution < -0.4 is 10.6 Å². The first-order chi connectivity index (χ1) is 13.1. The van der Waals surface area contributed by atoms with E-state index in [2.05, 4.69) is 58.6 Å². The van der Waals surface area contributed by atoms with Crippen LogP contribution in [0.1, 0.15) is 38.3 Å². The monoisotopic (exact) mass is 376 g/mol. The van der Waals surface area contributed by atoms with E-state index in [1.165, 1.54) is 11.1 Å². The molecule has 6 nitrogen and oxygen atoms in total. The van der Waals surface area contributed by atoms with Crippen LogP contribution in [0.5, 0.6) is 0 Å². The largest absolute Gasteiger partial charge is 0.382 e. The van der Waals surface area contributed by atoms with E-state index in [0.717, 1.165) is 58.3 Å². The molecule has 0 radical (unpaired) electrons. The normalized spacial score (nSPS) is 21.3. The summed E-state index contributed by atoms with van der Waals surface area (Å²) >= 11 is 0. The minimum Gasteiger partial charge on any atom is -0.382 e. The van der Waals surface area contributed by atoms with Crippen molar-refractivity contribution in [3.63, 3.8) is 0 Å². The van der Waals surface area contributed by atoms with E-state index in [1.54, 1.807) is 7.05 Å². The van der Waals surface area contributed by atoms with Gasteiger partial charge in [0.2, 0.25) is 0 Å². The fourth-order valence-corrected chi connectivity index (χ4v) is 3.37. The lowest BCUT2D eigenvalue weighted by Crippen LogP contribution is -2.44. The molecular formula is C21H36N4O2. The van der Waals surface area contributed by atoms with Crippen molar-refractivity contribution in [2.75, 3.05) is 39.9 Å². The number of nitrogens with zero attached hydrogens (tertiary/aromatic N) is 2. The van der Waals surface area contributed by atoms with Crippen LogP contribution in [0.25, 0.3) is 0 Å². The van der Waals surface area contributed by atoms with Crippen LogP contribution in [-0.4, -0.2) is 63.0 Å². The zero-order chi connectivity index (χ0) is 19.5. The van der Waals surface area contributed by atoms with Gasteiger partial charge in [0.25, 0.3) is 0 Å². The zero-order valence-corrected chi connectivity index (χ0v) is 17.3. The smallest absolute Gasteiger partial charge is 0.191 e. The topological polar surface area (TPSA) is 58.1 Å². The summed E-state index contributed by atoms with van der Waals surface area (Å²) in [5, 5.41) is 6.67. The van der Waals surface area contributed by atoms with Gasteiger partial charge in [-0.3, -0.25) is 9.89 Å². The van der Waals surface area contributed by atoms with Gasteiger partial charge >= 0.3 is 0 Å². The molecule has 27 heavy (non-hydrogen) atoms. The van der Waals surface area contributed by atoms with Crippen molar-refractivity contribution in [2.24, 2.45) is 4.99 Å². The van der Waals surface area contributed by atoms with Gasteiger partial charge in [0.15, 0.2) is 5.96 Å². The molecule has 1 aliphatic heterocycles. The van der Waals surface area contributed by atoms with E-state index in [1.807, 2.05) is 6.92 Å². The number of rotatable bonds is 9. The first-order valence-electron chi connectivity index (χ1n) is 10.1. The number of aliphatic imine (C=N–C) groups is 1. The molecule has 0 aliphatic carbocycles. The molecule has 0 saturated carbocycles. The SMILES string of the molecule is CCOCCCNC(=NC)NCc1ccc(CN2CC(C)OC(C)C2)cc1. The van der Waals surface area contributed by atoms with Crippen molar-refractivity contribution < 1.29 is 9.47 Å². The Kier molecular flexibility index (Phi) is 9.59. The Hall–Kier alpha value is -1.63. The number of ether oxygens (including phenoxy) is 2. The molecule has 1 saturated heterocycles. The second-order valence-electron chi connectivity index (χ2n) is 7.17. The number of hydrogen-bond acceptors (Lipinski definition) is 4. The number of nitrogens with one attached hydrogen (secondary N) is 2. The van der Waals surface area contributed by atoms with Gasteiger partial charge in [-0.2, -0.15) is 0 Å². The standard InChI is InChI=1S/C21H36N4O2/c1-5-26-12-6-11-23-21(22-4)24-13-19-7-9-20(10-8-19)16-25-14-17(2)27-18(3)15-25/h7-10,17-18H,5-6,11-16H2,1-4H3,(H2,22,23,24). The highest BCUT2D eigenvalue weighted by molar-refractivity contribution is 5.79. The molecule has 2 atom stereocenters. The van der Waals surface area contributed by atoms with E-state index in [4.69, 9.17) is 9.47 Å². The number of hydrogen-bond donors (Lipinski definition) is 2. The Morgan fingerprint density at radius 3 is 2.44 bits per heavy atom. The number of guanidine groups is 1. The molecule has 2 N–H and O–H groups in total. The molecule has 1 aliphatic rings. The van der Waals surface area contributed by atoms with Crippen molar-refractivity contribution in [1.29, 1.82) is 0 Å². The number of morpholine rings is 1. The molecule has 0 aromatic heterocycles. The fourth-order valence-electron chi connectivity index (χ4n) is 3.37. The summed E-state index contributed by atoms with van der Waals surface area (Å²) in [6, 6.07) is 8.83. The highest BCUT2D eigenvalue weighted by atomic mass is 16.5. The lowest BCUT2D eigenvalue weighted by Gasteiger charge is -2.35. The molecule has 0 spiro atoms. The van der Waals surface area contributed by atoms with E-state index < -0.39 is 0 Å².